The number of carbonyl (C=O) groups excluding carboxylic acids is 2. The van der Waals surface area contributed by atoms with E-state index in [-0.39, 0.29) is 24.1 Å². The van der Waals surface area contributed by atoms with Crippen LogP contribution in [0.2, 0.25) is 0 Å². The Hall–Kier alpha value is -3.87. The maximum Gasteiger partial charge on any atom is 0.229 e. The van der Waals surface area contributed by atoms with Crippen LogP contribution < -0.4 is 19.7 Å². The van der Waals surface area contributed by atoms with Crippen molar-refractivity contribution in [3.05, 3.63) is 84.2 Å². The van der Waals surface area contributed by atoms with Gasteiger partial charge in [-0.15, -0.1) is 0 Å². The summed E-state index contributed by atoms with van der Waals surface area (Å²) < 4.78 is 24.1. The lowest BCUT2D eigenvalue weighted by atomic mass is 9.83. The maximum absolute atomic E-state index is 13.7. The van der Waals surface area contributed by atoms with E-state index in [1.807, 2.05) is 0 Å². The Labute approximate surface area is 191 Å². The van der Waals surface area contributed by atoms with Gasteiger partial charge in [0, 0.05) is 23.9 Å². The third-order valence-electron chi connectivity index (χ3n) is 5.83. The van der Waals surface area contributed by atoms with Gasteiger partial charge in [0.15, 0.2) is 0 Å². The lowest BCUT2D eigenvalue weighted by Crippen LogP contribution is -2.47. The standard InChI is InChI=1S/C26H25FN2O4/c1-32-21-12-10-20(11-13-21)29-24(30)15-14-23(25(29)17-6-8-18(27)9-7-17)26(31)28-19-4-3-5-22(16-19)33-2/h3-13,16,23,25H,14-15H2,1-2H3,(H,28,31)/t23-,25-/m0/s1. The van der Waals surface area contributed by atoms with Crippen LogP contribution in [0.4, 0.5) is 15.8 Å². The van der Waals surface area contributed by atoms with Crippen molar-refractivity contribution in [2.24, 2.45) is 5.92 Å². The number of benzene rings is 3. The largest absolute Gasteiger partial charge is 0.497 e. The van der Waals surface area contributed by atoms with Gasteiger partial charge in [-0.1, -0.05) is 18.2 Å². The summed E-state index contributed by atoms with van der Waals surface area (Å²) in [4.78, 5) is 28.1. The Morgan fingerprint density at radius 3 is 2.33 bits per heavy atom. The molecule has 0 spiro atoms. The van der Waals surface area contributed by atoms with E-state index in [2.05, 4.69) is 5.32 Å². The quantitative estimate of drug-likeness (QED) is 0.578. The van der Waals surface area contributed by atoms with Crippen LogP contribution in [0.3, 0.4) is 0 Å². The number of nitrogens with zero attached hydrogens (tertiary/aromatic N) is 1. The third-order valence-corrected chi connectivity index (χ3v) is 5.83. The minimum atomic E-state index is -0.592. The van der Waals surface area contributed by atoms with Crippen LogP contribution in [0.5, 0.6) is 11.5 Å². The molecule has 0 radical (unpaired) electrons. The average molecular weight is 448 g/mol. The maximum atomic E-state index is 13.7. The first-order chi connectivity index (χ1) is 16.0. The Balaban J connectivity index is 1.71. The minimum Gasteiger partial charge on any atom is -0.497 e. The second kappa shape index (κ2) is 9.73. The molecule has 4 rings (SSSR count). The molecule has 1 N–H and O–H groups in total. The minimum absolute atomic E-state index is 0.0973. The molecule has 33 heavy (non-hydrogen) atoms. The molecule has 1 fully saturated rings. The van der Waals surface area contributed by atoms with E-state index in [4.69, 9.17) is 9.47 Å². The van der Waals surface area contributed by atoms with Crippen LogP contribution in [0, 0.1) is 11.7 Å². The van der Waals surface area contributed by atoms with Gasteiger partial charge in [-0.25, -0.2) is 4.39 Å². The van der Waals surface area contributed by atoms with Gasteiger partial charge in [-0.05, 0) is 60.5 Å². The molecule has 0 saturated carbocycles. The van der Waals surface area contributed by atoms with Crippen LogP contribution in [0.25, 0.3) is 0 Å². The number of methoxy groups -OCH3 is 2. The molecule has 1 heterocycles. The van der Waals surface area contributed by atoms with Crippen LogP contribution in [-0.2, 0) is 9.59 Å². The second-order valence-electron chi connectivity index (χ2n) is 7.82. The molecule has 3 aromatic rings. The summed E-state index contributed by atoms with van der Waals surface area (Å²) in [7, 11) is 3.13. The van der Waals surface area contributed by atoms with Crippen molar-refractivity contribution >= 4 is 23.2 Å². The summed E-state index contributed by atoms with van der Waals surface area (Å²) in [5.41, 5.74) is 1.94. The van der Waals surface area contributed by atoms with Gasteiger partial charge in [0.25, 0.3) is 0 Å². The highest BCUT2D eigenvalue weighted by atomic mass is 19.1. The van der Waals surface area contributed by atoms with Crippen molar-refractivity contribution in [1.82, 2.24) is 0 Å². The molecule has 3 aromatic carbocycles. The Morgan fingerprint density at radius 1 is 0.970 bits per heavy atom. The molecule has 0 bridgehead atoms. The zero-order chi connectivity index (χ0) is 23.4. The van der Waals surface area contributed by atoms with Crippen molar-refractivity contribution in [2.45, 2.75) is 18.9 Å². The molecule has 2 atom stereocenters. The first-order valence-corrected chi connectivity index (χ1v) is 10.7. The van der Waals surface area contributed by atoms with E-state index in [0.717, 1.165) is 0 Å². The van der Waals surface area contributed by atoms with Crippen LogP contribution in [0.15, 0.2) is 72.8 Å². The third kappa shape index (κ3) is 4.82. The summed E-state index contributed by atoms with van der Waals surface area (Å²) >= 11 is 0. The Bertz CT molecular complexity index is 1130. The predicted octanol–water partition coefficient (Wildman–Crippen LogP) is 4.97. The topological polar surface area (TPSA) is 67.9 Å². The summed E-state index contributed by atoms with van der Waals surface area (Å²) in [5, 5.41) is 2.95. The number of anilines is 2. The molecular formula is C26H25FN2O4. The number of piperidine rings is 1. The number of amides is 2. The fraction of sp³-hybridized carbons (Fsp3) is 0.231. The molecule has 2 amide bonds. The zero-order valence-electron chi connectivity index (χ0n) is 18.5. The first-order valence-electron chi connectivity index (χ1n) is 10.7. The molecule has 0 aliphatic carbocycles. The number of rotatable bonds is 6. The lowest BCUT2D eigenvalue weighted by Gasteiger charge is -2.41. The van der Waals surface area contributed by atoms with Gasteiger partial charge in [0.05, 0.1) is 26.2 Å². The molecule has 170 valence electrons. The van der Waals surface area contributed by atoms with E-state index in [1.165, 1.54) is 12.1 Å². The molecular weight excluding hydrogens is 423 g/mol. The molecule has 1 aliphatic rings. The van der Waals surface area contributed by atoms with E-state index in [0.29, 0.717) is 34.9 Å². The highest BCUT2D eigenvalue weighted by molar-refractivity contribution is 6.00. The van der Waals surface area contributed by atoms with Gasteiger partial charge in [0.1, 0.15) is 17.3 Å². The number of carbonyl (C=O) groups is 2. The molecule has 0 aromatic heterocycles. The summed E-state index contributed by atoms with van der Waals surface area (Å²) in [6, 6.07) is 19.6. The smallest absolute Gasteiger partial charge is 0.229 e. The Kier molecular flexibility index (Phi) is 6.58. The van der Waals surface area contributed by atoms with E-state index in [9.17, 15) is 14.0 Å². The first kappa shape index (κ1) is 22.3. The van der Waals surface area contributed by atoms with Crippen molar-refractivity contribution in [3.8, 4) is 11.5 Å². The normalized spacial score (nSPS) is 18.0. The molecule has 7 heteroatoms. The molecule has 0 unspecified atom stereocenters. The number of hydrogen-bond acceptors (Lipinski definition) is 4. The van der Waals surface area contributed by atoms with Crippen molar-refractivity contribution in [1.29, 1.82) is 0 Å². The fourth-order valence-electron chi connectivity index (χ4n) is 4.19. The van der Waals surface area contributed by atoms with Gasteiger partial charge in [0.2, 0.25) is 11.8 Å². The van der Waals surface area contributed by atoms with Crippen molar-refractivity contribution in [3.63, 3.8) is 0 Å². The van der Waals surface area contributed by atoms with Crippen molar-refractivity contribution < 1.29 is 23.5 Å². The molecule has 1 aliphatic heterocycles. The number of nitrogens with one attached hydrogen (secondary N) is 1. The van der Waals surface area contributed by atoms with Crippen LogP contribution in [0.1, 0.15) is 24.4 Å². The number of ether oxygens (including phenoxy) is 2. The van der Waals surface area contributed by atoms with Gasteiger partial charge in [-0.3, -0.25) is 9.59 Å². The van der Waals surface area contributed by atoms with Crippen LogP contribution >= 0.6 is 0 Å². The monoisotopic (exact) mass is 448 g/mol. The molecule has 6 nitrogen and oxygen atoms in total. The van der Waals surface area contributed by atoms with E-state index in [1.54, 1.807) is 79.8 Å². The van der Waals surface area contributed by atoms with Crippen LogP contribution in [-0.4, -0.2) is 26.0 Å². The summed E-state index contributed by atoms with van der Waals surface area (Å²) in [6.45, 7) is 0. The Morgan fingerprint density at radius 2 is 1.67 bits per heavy atom. The summed E-state index contributed by atoms with van der Waals surface area (Å²) in [6.07, 6.45) is 0.600. The van der Waals surface area contributed by atoms with Gasteiger partial charge in [-0.2, -0.15) is 0 Å². The highest BCUT2D eigenvalue weighted by Gasteiger charge is 2.41. The number of halogens is 1. The van der Waals surface area contributed by atoms with Gasteiger partial charge >= 0.3 is 0 Å². The van der Waals surface area contributed by atoms with E-state index >= 15 is 0 Å². The molecule has 1 saturated heterocycles. The van der Waals surface area contributed by atoms with Crippen molar-refractivity contribution in [2.75, 3.05) is 24.4 Å². The lowest BCUT2D eigenvalue weighted by molar-refractivity contribution is -0.125. The summed E-state index contributed by atoms with van der Waals surface area (Å²) in [5.74, 6) is 0.0506. The number of hydrogen-bond donors (Lipinski definition) is 1. The van der Waals surface area contributed by atoms with Gasteiger partial charge < -0.3 is 19.7 Å². The average Bonchev–Trinajstić information content (AvgIpc) is 2.84. The van der Waals surface area contributed by atoms with E-state index < -0.39 is 12.0 Å². The SMILES string of the molecule is COc1ccc(N2C(=O)CC[C@H](C(=O)Nc3cccc(OC)c3)[C@@H]2c2ccc(F)cc2)cc1. The second-order valence-corrected chi connectivity index (χ2v) is 7.82. The zero-order valence-corrected chi connectivity index (χ0v) is 18.5. The fourth-order valence-corrected chi connectivity index (χ4v) is 4.19. The highest BCUT2D eigenvalue weighted by Crippen LogP contribution is 2.41. The predicted molar refractivity (Wildman–Crippen MR) is 124 cm³/mol.